The highest BCUT2D eigenvalue weighted by Gasteiger charge is 2.37. The summed E-state index contributed by atoms with van der Waals surface area (Å²) >= 11 is 0. The zero-order valence-electron chi connectivity index (χ0n) is 10.8. The first-order valence-electron chi connectivity index (χ1n) is 6.11. The molecule has 1 aliphatic heterocycles. The summed E-state index contributed by atoms with van der Waals surface area (Å²) in [6, 6.07) is 0. The summed E-state index contributed by atoms with van der Waals surface area (Å²) in [5.41, 5.74) is -1.62. The first kappa shape index (κ1) is 15.2. The van der Waals surface area contributed by atoms with Crippen LogP contribution in [0.3, 0.4) is 0 Å². The predicted molar refractivity (Wildman–Crippen MR) is 69.6 cm³/mol. The lowest BCUT2D eigenvalue weighted by molar-refractivity contribution is -0.131. The molecule has 0 aliphatic carbocycles. The molecule has 1 aromatic heterocycles. The smallest absolute Gasteiger partial charge is 0.330 e. The lowest BCUT2D eigenvalue weighted by atomic mass is 10.1. The van der Waals surface area contributed by atoms with Crippen molar-refractivity contribution in [1.82, 2.24) is 9.55 Å². The second-order valence-electron chi connectivity index (χ2n) is 4.58. The number of aliphatic hydroxyl groups excluding tert-OH is 2. The van der Waals surface area contributed by atoms with E-state index in [0.717, 1.165) is 22.9 Å². The zero-order chi connectivity index (χ0) is 15.6. The van der Waals surface area contributed by atoms with Crippen molar-refractivity contribution in [2.75, 3.05) is 13.2 Å². The molecule has 2 heterocycles. The first-order chi connectivity index (χ1) is 9.93. The van der Waals surface area contributed by atoms with Crippen LogP contribution in [0.1, 0.15) is 11.8 Å². The highest BCUT2D eigenvalue weighted by Crippen LogP contribution is 2.27. The Kier molecular flexibility index (Phi) is 4.36. The number of nitrogens with one attached hydrogen (secondary N) is 1. The first-order valence-corrected chi connectivity index (χ1v) is 6.11. The fraction of sp³-hybridized carbons (Fsp3) is 0.417. The molecule has 1 saturated heterocycles. The van der Waals surface area contributed by atoms with E-state index in [4.69, 9.17) is 14.9 Å². The van der Waals surface area contributed by atoms with Crippen LogP contribution in [0.25, 0.3) is 6.08 Å². The molecule has 0 saturated carbocycles. The molecule has 3 atom stereocenters. The van der Waals surface area contributed by atoms with Gasteiger partial charge in [-0.1, -0.05) is 0 Å². The zero-order valence-corrected chi connectivity index (χ0v) is 10.8. The SMILES string of the molecule is O=C(O)/C=C/c1cn(C2OCC(CO)C2O)c(=O)[nH]c1=O. The fourth-order valence-corrected chi connectivity index (χ4v) is 2.03. The number of aromatic amines is 1. The summed E-state index contributed by atoms with van der Waals surface area (Å²) < 4.78 is 6.21. The van der Waals surface area contributed by atoms with E-state index >= 15 is 0 Å². The Bertz CT molecular complexity index is 675. The summed E-state index contributed by atoms with van der Waals surface area (Å²) in [5.74, 6) is -1.78. The topological polar surface area (TPSA) is 142 Å². The molecule has 0 aromatic carbocycles. The maximum atomic E-state index is 11.8. The van der Waals surface area contributed by atoms with Crippen LogP contribution in [0.2, 0.25) is 0 Å². The number of H-pyrrole nitrogens is 1. The molecule has 0 bridgehead atoms. The largest absolute Gasteiger partial charge is 0.478 e. The Balaban J connectivity index is 2.41. The average Bonchev–Trinajstić information content (AvgIpc) is 2.78. The molecule has 1 aliphatic rings. The minimum atomic E-state index is -1.25. The van der Waals surface area contributed by atoms with Gasteiger partial charge in [0.1, 0.15) is 6.10 Å². The Morgan fingerprint density at radius 2 is 2.24 bits per heavy atom. The molecule has 0 amide bonds. The Morgan fingerprint density at radius 1 is 1.52 bits per heavy atom. The second kappa shape index (κ2) is 6.04. The van der Waals surface area contributed by atoms with E-state index in [1.54, 1.807) is 0 Å². The van der Waals surface area contributed by atoms with Crippen LogP contribution in [-0.4, -0.2) is 50.2 Å². The van der Waals surface area contributed by atoms with Gasteiger partial charge in [-0.25, -0.2) is 9.59 Å². The molecule has 21 heavy (non-hydrogen) atoms. The third-order valence-corrected chi connectivity index (χ3v) is 3.17. The Morgan fingerprint density at radius 3 is 2.81 bits per heavy atom. The average molecular weight is 298 g/mol. The number of hydrogen-bond donors (Lipinski definition) is 4. The number of aliphatic hydroxyl groups is 2. The van der Waals surface area contributed by atoms with E-state index in [9.17, 15) is 19.5 Å². The number of ether oxygens (including phenoxy) is 1. The van der Waals surface area contributed by atoms with Crippen molar-refractivity contribution in [3.8, 4) is 0 Å². The molecule has 9 heteroatoms. The monoisotopic (exact) mass is 298 g/mol. The van der Waals surface area contributed by atoms with Gasteiger partial charge in [-0.3, -0.25) is 14.3 Å². The van der Waals surface area contributed by atoms with E-state index in [0.29, 0.717) is 0 Å². The van der Waals surface area contributed by atoms with Gasteiger partial charge in [0.15, 0.2) is 6.23 Å². The van der Waals surface area contributed by atoms with Crippen LogP contribution in [0.5, 0.6) is 0 Å². The lowest BCUT2D eigenvalue weighted by Gasteiger charge is -2.18. The minimum absolute atomic E-state index is 0.0637. The van der Waals surface area contributed by atoms with Gasteiger partial charge < -0.3 is 20.1 Å². The molecule has 114 valence electrons. The van der Waals surface area contributed by atoms with E-state index in [2.05, 4.69) is 0 Å². The highest BCUT2D eigenvalue weighted by atomic mass is 16.5. The van der Waals surface area contributed by atoms with Gasteiger partial charge in [0.05, 0.1) is 18.8 Å². The summed E-state index contributed by atoms with van der Waals surface area (Å²) in [6.45, 7) is -0.240. The summed E-state index contributed by atoms with van der Waals surface area (Å²) in [7, 11) is 0. The van der Waals surface area contributed by atoms with E-state index in [-0.39, 0.29) is 18.8 Å². The molecule has 0 radical (unpaired) electrons. The van der Waals surface area contributed by atoms with Crippen LogP contribution in [0, 0.1) is 5.92 Å². The van der Waals surface area contributed by atoms with Gasteiger partial charge in [-0.05, 0) is 6.08 Å². The summed E-state index contributed by atoms with van der Waals surface area (Å²) in [6.07, 6.45) is 0.719. The molecule has 9 nitrogen and oxygen atoms in total. The van der Waals surface area contributed by atoms with Crippen molar-refractivity contribution in [2.24, 2.45) is 5.92 Å². The normalized spacial score (nSPS) is 25.5. The van der Waals surface area contributed by atoms with Gasteiger partial charge in [-0.15, -0.1) is 0 Å². The lowest BCUT2D eigenvalue weighted by Crippen LogP contribution is -2.37. The standard InChI is InChI=1S/C12H14N2O7/c15-4-7-5-21-11(9(7)18)14-3-6(1-2-8(16)17)10(19)13-12(14)20/h1-3,7,9,11,15,18H,4-5H2,(H,16,17)(H,13,19,20)/b2-1+. The molecule has 0 spiro atoms. The second-order valence-corrected chi connectivity index (χ2v) is 4.58. The van der Waals surface area contributed by atoms with Crippen molar-refractivity contribution in [3.05, 3.63) is 38.7 Å². The molecule has 2 rings (SSSR count). The van der Waals surface area contributed by atoms with Crippen molar-refractivity contribution in [2.45, 2.75) is 12.3 Å². The number of rotatable bonds is 4. The van der Waals surface area contributed by atoms with E-state index in [1.165, 1.54) is 0 Å². The van der Waals surface area contributed by atoms with Crippen LogP contribution in [0.15, 0.2) is 21.9 Å². The maximum Gasteiger partial charge on any atom is 0.330 e. The van der Waals surface area contributed by atoms with Crippen molar-refractivity contribution >= 4 is 12.0 Å². The Labute approximate surface area is 117 Å². The summed E-state index contributed by atoms with van der Waals surface area (Å²) in [4.78, 5) is 35.8. The van der Waals surface area contributed by atoms with E-state index in [1.807, 2.05) is 4.98 Å². The summed E-state index contributed by atoms with van der Waals surface area (Å²) in [5, 5.41) is 27.6. The number of aromatic nitrogens is 2. The highest BCUT2D eigenvalue weighted by molar-refractivity contribution is 5.85. The molecular formula is C12H14N2O7. The number of carboxylic acid groups (broad SMARTS) is 1. The van der Waals surface area contributed by atoms with E-state index < -0.39 is 35.5 Å². The molecule has 1 aromatic rings. The maximum absolute atomic E-state index is 11.8. The minimum Gasteiger partial charge on any atom is -0.478 e. The third kappa shape index (κ3) is 3.10. The predicted octanol–water partition coefficient (Wildman–Crippen LogP) is -1.87. The van der Waals surface area contributed by atoms with Crippen LogP contribution in [0.4, 0.5) is 0 Å². The quantitative estimate of drug-likeness (QED) is 0.477. The van der Waals surface area contributed by atoms with Crippen LogP contribution < -0.4 is 11.2 Å². The number of carboxylic acids is 1. The number of nitrogens with zero attached hydrogens (tertiary/aromatic N) is 1. The Hall–Kier alpha value is -2.23. The van der Waals surface area contributed by atoms with Crippen molar-refractivity contribution in [1.29, 1.82) is 0 Å². The van der Waals surface area contributed by atoms with Gasteiger partial charge in [-0.2, -0.15) is 0 Å². The van der Waals surface area contributed by atoms with Gasteiger partial charge in [0.2, 0.25) is 0 Å². The molecule has 1 fully saturated rings. The van der Waals surface area contributed by atoms with Gasteiger partial charge in [0.25, 0.3) is 5.56 Å². The molecule has 3 unspecified atom stereocenters. The third-order valence-electron chi connectivity index (χ3n) is 3.17. The fourth-order valence-electron chi connectivity index (χ4n) is 2.03. The number of aliphatic carboxylic acids is 1. The number of hydrogen-bond acceptors (Lipinski definition) is 6. The van der Waals surface area contributed by atoms with Gasteiger partial charge in [0, 0.05) is 18.2 Å². The van der Waals surface area contributed by atoms with Crippen molar-refractivity contribution < 1.29 is 24.9 Å². The number of carbonyl (C=O) groups is 1. The van der Waals surface area contributed by atoms with Crippen LogP contribution >= 0.6 is 0 Å². The van der Waals surface area contributed by atoms with Crippen molar-refractivity contribution in [3.63, 3.8) is 0 Å². The molecular weight excluding hydrogens is 284 g/mol. The van der Waals surface area contributed by atoms with Gasteiger partial charge >= 0.3 is 11.7 Å². The molecule has 4 N–H and O–H groups in total. The van der Waals surface area contributed by atoms with Crippen LogP contribution in [-0.2, 0) is 9.53 Å².